The van der Waals surface area contributed by atoms with Gasteiger partial charge in [-0.2, -0.15) is 4.98 Å². The molecule has 0 fully saturated rings. The summed E-state index contributed by atoms with van der Waals surface area (Å²) in [4.78, 5) is 4.40. The first-order valence-electron chi connectivity index (χ1n) is 6.09. The van der Waals surface area contributed by atoms with E-state index in [0.29, 0.717) is 11.8 Å². The molecule has 2 N–H and O–H groups in total. The van der Waals surface area contributed by atoms with Crippen LogP contribution in [0.15, 0.2) is 4.52 Å². The molecule has 1 rings (SSSR count). The van der Waals surface area contributed by atoms with Crippen LogP contribution < -0.4 is 5.73 Å². The molecule has 4 heteroatoms. The molecule has 92 valence electrons. The fourth-order valence-electron chi connectivity index (χ4n) is 1.55. The highest BCUT2D eigenvalue weighted by molar-refractivity contribution is 4.95. The molecule has 0 aliphatic carbocycles. The summed E-state index contributed by atoms with van der Waals surface area (Å²) >= 11 is 0. The second kappa shape index (κ2) is 5.99. The molecule has 0 bridgehead atoms. The summed E-state index contributed by atoms with van der Waals surface area (Å²) in [6.07, 6.45) is 3.22. The molecule has 16 heavy (non-hydrogen) atoms. The molecule has 0 aliphatic heterocycles. The summed E-state index contributed by atoms with van der Waals surface area (Å²) in [6, 6.07) is 0.279. The zero-order chi connectivity index (χ0) is 12.1. The first kappa shape index (κ1) is 13.2. The first-order valence-corrected chi connectivity index (χ1v) is 6.09. The van der Waals surface area contributed by atoms with Crippen molar-refractivity contribution in [3.05, 3.63) is 11.7 Å². The first-order chi connectivity index (χ1) is 7.50. The molecule has 0 aliphatic rings. The number of nitrogens with zero attached hydrogens (tertiary/aromatic N) is 2. The zero-order valence-electron chi connectivity index (χ0n) is 10.7. The molecule has 2 atom stereocenters. The molecule has 0 radical (unpaired) electrons. The molecule has 1 aromatic rings. The van der Waals surface area contributed by atoms with E-state index in [-0.39, 0.29) is 6.04 Å². The van der Waals surface area contributed by atoms with Crippen molar-refractivity contribution in [3.63, 3.8) is 0 Å². The predicted molar refractivity (Wildman–Crippen MR) is 64.3 cm³/mol. The minimum Gasteiger partial charge on any atom is -0.339 e. The van der Waals surface area contributed by atoms with E-state index in [4.69, 9.17) is 10.3 Å². The van der Waals surface area contributed by atoms with E-state index in [0.717, 1.165) is 31.0 Å². The van der Waals surface area contributed by atoms with Gasteiger partial charge in [0.15, 0.2) is 5.82 Å². The molecule has 0 saturated carbocycles. The highest BCUT2D eigenvalue weighted by Crippen LogP contribution is 2.21. The van der Waals surface area contributed by atoms with E-state index in [2.05, 4.69) is 30.9 Å². The molecule has 1 heterocycles. The lowest BCUT2D eigenvalue weighted by Gasteiger charge is -2.07. The maximum atomic E-state index is 5.71. The van der Waals surface area contributed by atoms with Crippen LogP contribution in [-0.2, 0) is 0 Å². The fourth-order valence-corrected chi connectivity index (χ4v) is 1.55. The normalized spacial score (nSPS) is 15.4. The Morgan fingerprint density at radius 3 is 2.38 bits per heavy atom. The average Bonchev–Trinajstić information content (AvgIpc) is 2.65. The van der Waals surface area contributed by atoms with Gasteiger partial charge in [-0.3, -0.25) is 0 Å². The van der Waals surface area contributed by atoms with Crippen molar-refractivity contribution < 1.29 is 4.52 Å². The number of nitrogens with two attached hydrogens (primary N) is 1. The molecule has 0 aromatic carbocycles. The summed E-state index contributed by atoms with van der Waals surface area (Å²) < 4.78 is 5.25. The van der Waals surface area contributed by atoms with Crippen LogP contribution in [0.25, 0.3) is 0 Å². The molecule has 1 aromatic heterocycles. The second-order valence-electron chi connectivity index (χ2n) is 4.95. The van der Waals surface area contributed by atoms with Gasteiger partial charge in [-0.25, -0.2) is 0 Å². The molecule has 0 spiro atoms. The number of hydrogen-bond acceptors (Lipinski definition) is 4. The van der Waals surface area contributed by atoms with E-state index >= 15 is 0 Å². The predicted octanol–water partition coefficient (Wildman–Crippen LogP) is 2.81. The summed E-state index contributed by atoms with van der Waals surface area (Å²) in [6.45, 7) is 8.29. The lowest BCUT2D eigenvalue weighted by molar-refractivity contribution is 0.344. The van der Waals surface area contributed by atoms with Crippen LogP contribution in [0.5, 0.6) is 0 Å². The van der Waals surface area contributed by atoms with E-state index < -0.39 is 0 Å². The van der Waals surface area contributed by atoms with Crippen molar-refractivity contribution in [1.82, 2.24) is 10.1 Å². The third-order valence-corrected chi connectivity index (χ3v) is 2.69. The summed E-state index contributed by atoms with van der Waals surface area (Å²) in [7, 11) is 0. The van der Waals surface area contributed by atoms with E-state index in [1.165, 1.54) is 0 Å². The smallest absolute Gasteiger partial charge is 0.229 e. The van der Waals surface area contributed by atoms with Gasteiger partial charge < -0.3 is 10.3 Å². The van der Waals surface area contributed by atoms with Crippen molar-refractivity contribution in [2.75, 3.05) is 0 Å². The largest absolute Gasteiger partial charge is 0.339 e. The van der Waals surface area contributed by atoms with Crippen LogP contribution in [0.2, 0.25) is 0 Å². The van der Waals surface area contributed by atoms with Gasteiger partial charge in [0, 0.05) is 17.9 Å². The Hall–Kier alpha value is -0.900. The van der Waals surface area contributed by atoms with E-state index in [1.807, 2.05) is 6.92 Å². The maximum absolute atomic E-state index is 5.71. The van der Waals surface area contributed by atoms with Gasteiger partial charge in [0.1, 0.15) is 0 Å². The Kier molecular flexibility index (Phi) is 4.93. The van der Waals surface area contributed by atoms with Gasteiger partial charge >= 0.3 is 0 Å². The van der Waals surface area contributed by atoms with Crippen LogP contribution in [0.3, 0.4) is 0 Å². The summed E-state index contributed by atoms with van der Waals surface area (Å²) in [5, 5.41) is 3.97. The fraction of sp³-hybridized carbons (Fsp3) is 0.833. The molecular weight excluding hydrogens is 202 g/mol. The van der Waals surface area contributed by atoms with Crippen LogP contribution >= 0.6 is 0 Å². The molecule has 4 nitrogen and oxygen atoms in total. The zero-order valence-corrected chi connectivity index (χ0v) is 10.7. The highest BCUT2D eigenvalue weighted by Gasteiger charge is 2.15. The van der Waals surface area contributed by atoms with E-state index in [1.54, 1.807) is 0 Å². The minimum absolute atomic E-state index is 0.279. The second-order valence-corrected chi connectivity index (χ2v) is 4.95. The summed E-state index contributed by atoms with van der Waals surface area (Å²) in [5.41, 5.74) is 5.71. The van der Waals surface area contributed by atoms with Gasteiger partial charge in [-0.05, 0) is 19.8 Å². The topological polar surface area (TPSA) is 64.9 Å². The highest BCUT2D eigenvalue weighted by atomic mass is 16.5. The Bertz CT molecular complexity index is 307. The van der Waals surface area contributed by atoms with Gasteiger partial charge in [-0.15, -0.1) is 0 Å². The third kappa shape index (κ3) is 3.93. The Morgan fingerprint density at radius 2 is 1.88 bits per heavy atom. The Morgan fingerprint density at radius 1 is 1.19 bits per heavy atom. The van der Waals surface area contributed by atoms with Crippen LogP contribution in [0.4, 0.5) is 0 Å². The van der Waals surface area contributed by atoms with Gasteiger partial charge in [0.2, 0.25) is 5.89 Å². The molecule has 0 amide bonds. The van der Waals surface area contributed by atoms with Crippen molar-refractivity contribution in [2.45, 2.75) is 64.8 Å². The SMILES string of the molecule is CC(N)CCCC(C)c1nc(C(C)C)no1. The van der Waals surface area contributed by atoms with Gasteiger partial charge in [-0.1, -0.05) is 32.3 Å². The van der Waals surface area contributed by atoms with Gasteiger partial charge in [0.05, 0.1) is 0 Å². The molecule has 2 unspecified atom stereocenters. The average molecular weight is 225 g/mol. The van der Waals surface area contributed by atoms with Crippen molar-refractivity contribution >= 4 is 0 Å². The maximum Gasteiger partial charge on any atom is 0.229 e. The number of hydrogen-bond donors (Lipinski definition) is 1. The van der Waals surface area contributed by atoms with Crippen molar-refractivity contribution in [1.29, 1.82) is 0 Å². The Labute approximate surface area is 97.6 Å². The van der Waals surface area contributed by atoms with Gasteiger partial charge in [0.25, 0.3) is 0 Å². The lowest BCUT2D eigenvalue weighted by atomic mass is 10.0. The van der Waals surface area contributed by atoms with Crippen LogP contribution in [0.1, 0.15) is 70.5 Å². The van der Waals surface area contributed by atoms with Crippen LogP contribution in [0, 0.1) is 0 Å². The van der Waals surface area contributed by atoms with Crippen molar-refractivity contribution in [3.8, 4) is 0 Å². The van der Waals surface area contributed by atoms with Crippen LogP contribution in [-0.4, -0.2) is 16.2 Å². The number of aromatic nitrogens is 2. The molecular formula is C12H23N3O. The molecule has 0 saturated heterocycles. The third-order valence-electron chi connectivity index (χ3n) is 2.69. The monoisotopic (exact) mass is 225 g/mol. The standard InChI is InChI=1S/C12H23N3O/c1-8(2)11-14-12(16-15-11)9(3)6-5-7-10(4)13/h8-10H,5-7,13H2,1-4H3. The quantitative estimate of drug-likeness (QED) is 0.808. The Balaban J connectivity index is 2.43. The van der Waals surface area contributed by atoms with Crippen molar-refractivity contribution in [2.24, 2.45) is 5.73 Å². The number of rotatable bonds is 6. The minimum atomic E-state index is 0.279. The van der Waals surface area contributed by atoms with E-state index in [9.17, 15) is 0 Å². The summed E-state index contributed by atoms with van der Waals surface area (Å²) in [5.74, 6) is 2.22. The lowest BCUT2D eigenvalue weighted by Crippen LogP contribution is -2.14.